The molecule has 1 aliphatic rings. The van der Waals surface area contributed by atoms with Crippen LogP contribution in [0.2, 0.25) is 0 Å². The van der Waals surface area contributed by atoms with Crippen LogP contribution in [0.5, 0.6) is 0 Å². The van der Waals surface area contributed by atoms with Gasteiger partial charge in [0.2, 0.25) is 0 Å². The number of rotatable bonds is 1. The van der Waals surface area contributed by atoms with E-state index in [2.05, 4.69) is 25.1 Å². The molecule has 0 radical (unpaired) electrons. The minimum atomic E-state index is -0.216. The molecule has 0 atom stereocenters. The molecule has 0 bridgehead atoms. The number of hydrogen-bond donors (Lipinski definition) is 1. The van der Waals surface area contributed by atoms with Crippen molar-refractivity contribution in [3.63, 3.8) is 0 Å². The maximum Gasteiger partial charge on any atom is 0.0883 e. The van der Waals surface area contributed by atoms with Gasteiger partial charge in [-0.2, -0.15) is 0 Å². The van der Waals surface area contributed by atoms with Crippen LogP contribution in [0.3, 0.4) is 0 Å². The van der Waals surface area contributed by atoms with Crippen LogP contribution in [0.1, 0.15) is 11.1 Å². The maximum absolute atomic E-state index is 6.07. The quantitative estimate of drug-likeness (QED) is 0.746. The second-order valence-corrected chi connectivity index (χ2v) is 3.52. The normalized spacial score (nSPS) is 18.6. The third-order valence-corrected chi connectivity index (χ3v) is 2.31. The van der Waals surface area contributed by atoms with Crippen LogP contribution in [0.15, 0.2) is 24.3 Å². The van der Waals surface area contributed by atoms with Crippen molar-refractivity contribution in [2.75, 3.05) is 13.2 Å². The smallest absolute Gasteiger partial charge is 0.0883 e. The highest BCUT2D eigenvalue weighted by atomic mass is 35.5. The molecule has 3 heteroatoms. The predicted molar refractivity (Wildman–Crippen MR) is 55.1 cm³/mol. The lowest BCUT2D eigenvalue weighted by Gasteiger charge is -2.38. The van der Waals surface area contributed by atoms with Crippen LogP contribution in [0, 0.1) is 6.92 Å². The molecule has 1 aromatic carbocycles. The van der Waals surface area contributed by atoms with Gasteiger partial charge in [-0.1, -0.05) is 29.8 Å². The molecule has 0 spiro atoms. The average Bonchev–Trinajstić information content (AvgIpc) is 2.00. The molecule has 1 fully saturated rings. The molecule has 0 aliphatic carbocycles. The molecule has 72 valence electrons. The van der Waals surface area contributed by atoms with Crippen LogP contribution in [0.4, 0.5) is 0 Å². The number of halogens is 1. The second-order valence-electron chi connectivity index (χ2n) is 3.52. The Morgan fingerprint density at radius 2 is 2.08 bits per heavy atom. The summed E-state index contributed by atoms with van der Waals surface area (Å²) in [5.41, 5.74) is 8.29. The number of benzene rings is 1. The molecule has 1 saturated heterocycles. The number of aryl methyl sites for hydroxylation is 1. The van der Waals surface area contributed by atoms with Gasteiger partial charge >= 0.3 is 0 Å². The van der Waals surface area contributed by atoms with Crippen LogP contribution in [0.25, 0.3) is 0 Å². The molecule has 2 rings (SSSR count). The first kappa shape index (κ1) is 10.5. The van der Waals surface area contributed by atoms with E-state index < -0.39 is 0 Å². The van der Waals surface area contributed by atoms with Gasteiger partial charge in [0.25, 0.3) is 0 Å². The average molecular weight is 200 g/mol. The van der Waals surface area contributed by atoms with E-state index in [0.29, 0.717) is 13.2 Å². The standard InChI is InChI=1S/C10H13NO.ClH/c1-8-3-2-4-9(5-8)10(11)6-12-7-10;/h2-5H,6-7,11H2,1H3;1H. The number of ether oxygens (including phenoxy) is 1. The van der Waals surface area contributed by atoms with Crippen LogP contribution in [-0.4, -0.2) is 13.2 Å². The van der Waals surface area contributed by atoms with Crippen molar-refractivity contribution < 1.29 is 4.74 Å². The van der Waals surface area contributed by atoms with Crippen molar-refractivity contribution in [3.05, 3.63) is 35.4 Å². The second kappa shape index (κ2) is 3.66. The summed E-state index contributed by atoms with van der Waals surface area (Å²) in [6.45, 7) is 3.37. The minimum Gasteiger partial charge on any atom is -0.377 e. The van der Waals surface area contributed by atoms with Crippen molar-refractivity contribution >= 4 is 12.4 Å². The highest BCUT2D eigenvalue weighted by molar-refractivity contribution is 5.85. The van der Waals surface area contributed by atoms with Gasteiger partial charge in [0.05, 0.1) is 18.8 Å². The minimum absolute atomic E-state index is 0. The van der Waals surface area contributed by atoms with Crippen molar-refractivity contribution in [2.45, 2.75) is 12.5 Å². The van der Waals surface area contributed by atoms with Gasteiger partial charge in [-0.25, -0.2) is 0 Å². The Hall–Kier alpha value is -0.570. The van der Waals surface area contributed by atoms with Gasteiger partial charge in [0, 0.05) is 0 Å². The first-order valence-electron chi connectivity index (χ1n) is 4.14. The Balaban J connectivity index is 0.000000845. The first-order chi connectivity index (χ1) is 5.71. The highest BCUT2D eigenvalue weighted by Crippen LogP contribution is 2.26. The molecule has 0 unspecified atom stereocenters. The van der Waals surface area contributed by atoms with Crippen LogP contribution in [-0.2, 0) is 10.3 Å². The molecule has 1 aromatic rings. The van der Waals surface area contributed by atoms with Crippen LogP contribution < -0.4 is 5.73 Å². The summed E-state index contributed by atoms with van der Waals surface area (Å²) in [5.74, 6) is 0. The molecule has 1 aliphatic heterocycles. The molecule has 1 heterocycles. The first-order valence-corrected chi connectivity index (χ1v) is 4.14. The topological polar surface area (TPSA) is 35.2 Å². The van der Waals surface area contributed by atoms with Gasteiger partial charge in [-0.15, -0.1) is 12.4 Å². The summed E-state index contributed by atoms with van der Waals surface area (Å²) in [5, 5.41) is 0. The van der Waals surface area contributed by atoms with E-state index in [0.717, 1.165) is 0 Å². The zero-order valence-corrected chi connectivity index (χ0v) is 8.43. The van der Waals surface area contributed by atoms with Crippen LogP contribution >= 0.6 is 12.4 Å². The van der Waals surface area contributed by atoms with Gasteiger partial charge in [0.1, 0.15) is 0 Å². The Kier molecular flexibility index (Phi) is 2.96. The molecular weight excluding hydrogens is 186 g/mol. The summed E-state index contributed by atoms with van der Waals surface area (Å²) < 4.78 is 5.11. The summed E-state index contributed by atoms with van der Waals surface area (Å²) in [7, 11) is 0. The fourth-order valence-corrected chi connectivity index (χ4v) is 1.44. The van der Waals surface area contributed by atoms with E-state index in [9.17, 15) is 0 Å². The summed E-state index contributed by atoms with van der Waals surface area (Å²) in [6.07, 6.45) is 0. The predicted octanol–water partition coefficient (Wildman–Crippen LogP) is 1.60. The van der Waals surface area contributed by atoms with E-state index in [1.54, 1.807) is 0 Å². The Morgan fingerprint density at radius 3 is 2.54 bits per heavy atom. The lowest BCUT2D eigenvalue weighted by atomic mass is 9.88. The van der Waals surface area contributed by atoms with Crippen molar-refractivity contribution in [3.8, 4) is 0 Å². The zero-order chi connectivity index (χ0) is 8.60. The van der Waals surface area contributed by atoms with Gasteiger partial charge in [-0.05, 0) is 12.5 Å². The largest absolute Gasteiger partial charge is 0.377 e. The number of nitrogens with two attached hydrogens (primary N) is 1. The maximum atomic E-state index is 6.07. The fourth-order valence-electron chi connectivity index (χ4n) is 1.44. The van der Waals surface area contributed by atoms with E-state index in [-0.39, 0.29) is 17.9 Å². The fraction of sp³-hybridized carbons (Fsp3) is 0.400. The Labute approximate surface area is 84.5 Å². The van der Waals surface area contributed by atoms with Gasteiger partial charge in [-0.3, -0.25) is 0 Å². The Morgan fingerprint density at radius 1 is 1.38 bits per heavy atom. The Bertz CT molecular complexity index is 297. The van der Waals surface area contributed by atoms with Crippen molar-refractivity contribution in [1.29, 1.82) is 0 Å². The summed E-state index contributed by atoms with van der Waals surface area (Å²) in [4.78, 5) is 0. The SMILES string of the molecule is Cc1cccc(C2(N)COC2)c1.Cl. The lowest BCUT2D eigenvalue weighted by Crippen LogP contribution is -2.54. The highest BCUT2D eigenvalue weighted by Gasteiger charge is 2.35. The van der Waals surface area contributed by atoms with Gasteiger partial charge < -0.3 is 10.5 Å². The summed E-state index contributed by atoms with van der Waals surface area (Å²) >= 11 is 0. The molecule has 2 N–H and O–H groups in total. The van der Waals surface area contributed by atoms with E-state index in [4.69, 9.17) is 10.5 Å². The van der Waals surface area contributed by atoms with E-state index >= 15 is 0 Å². The monoisotopic (exact) mass is 199 g/mol. The lowest BCUT2D eigenvalue weighted by molar-refractivity contribution is -0.0569. The molecule has 0 saturated carbocycles. The third-order valence-electron chi connectivity index (χ3n) is 2.31. The van der Waals surface area contributed by atoms with E-state index in [1.807, 2.05) is 6.07 Å². The molecule has 0 aromatic heterocycles. The molecule has 0 amide bonds. The van der Waals surface area contributed by atoms with Crippen molar-refractivity contribution in [1.82, 2.24) is 0 Å². The van der Waals surface area contributed by atoms with Crippen molar-refractivity contribution in [2.24, 2.45) is 5.73 Å². The molecule has 2 nitrogen and oxygen atoms in total. The molecule has 13 heavy (non-hydrogen) atoms. The summed E-state index contributed by atoms with van der Waals surface area (Å²) in [6, 6.07) is 8.31. The number of hydrogen-bond acceptors (Lipinski definition) is 2. The van der Waals surface area contributed by atoms with Gasteiger partial charge in [0.15, 0.2) is 0 Å². The van der Waals surface area contributed by atoms with E-state index in [1.165, 1.54) is 11.1 Å². The third kappa shape index (κ3) is 1.85. The zero-order valence-electron chi connectivity index (χ0n) is 7.62. The molecular formula is C10H14ClNO.